The third kappa shape index (κ3) is 20.3. The zero-order valence-electron chi connectivity index (χ0n) is 39.2. The summed E-state index contributed by atoms with van der Waals surface area (Å²) >= 11 is 8.36. The molecule has 0 aromatic heterocycles. The topological polar surface area (TPSA) is 386 Å². The molecule has 15 N–H and O–H groups in total. The minimum absolute atomic E-state index is 0.0137. The van der Waals surface area contributed by atoms with Crippen LogP contribution < -0.4 is 60.0 Å². The second-order valence-electron chi connectivity index (χ2n) is 17.1. The number of primary amides is 3. The van der Waals surface area contributed by atoms with Crippen molar-refractivity contribution >= 4 is 90.6 Å². The van der Waals surface area contributed by atoms with Crippen molar-refractivity contribution in [3.8, 4) is 5.75 Å². The van der Waals surface area contributed by atoms with Crippen molar-refractivity contribution in [1.29, 1.82) is 0 Å². The van der Waals surface area contributed by atoms with Gasteiger partial charge in [0.1, 0.15) is 54.3 Å². The molecule has 1 aromatic rings. The molecule has 1 saturated heterocycles. The average Bonchev–Trinajstić information content (AvgIpc) is 3.80. The number of phenolic OH excluding ortho intramolecular Hbond substituents is 1. The molecule has 1 aromatic carbocycles. The van der Waals surface area contributed by atoms with Crippen LogP contribution in [-0.4, -0.2) is 148 Å². The molecule has 0 radical (unpaired) electrons. The van der Waals surface area contributed by atoms with E-state index >= 15 is 0 Å². The van der Waals surface area contributed by atoms with Gasteiger partial charge in [0, 0.05) is 24.5 Å². The maximum atomic E-state index is 14.1. The van der Waals surface area contributed by atoms with Crippen LogP contribution in [0.1, 0.15) is 78.2 Å². The Hall–Kier alpha value is -5.99. The molecule has 0 aliphatic carbocycles. The molecule has 0 saturated carbocycles. The lowest BCUT2D eigenvalue weighted by Gasteiger charge is -2.30. The van der Waals surface area contributed by atoms with Crippen LogP contribution in [0.4, 0.5) is 0 Å². The molecule has 2 rings (SSSR count). The predicted octanol–water partition coefficient (Wildman–Crippen LogP) is -3.93. The summed E-state index contributed by atoms with van der Waals surface area (Å²) in [7, 11) is 0. The van der Waals surface area contributed by atoms with Crippen LogP contribution in [0, 0.1) is 11.8 Å². The van der Waals surface area contributed by atoms with E-state index in [9.17, 15) is 57.8 Å². The molecule has 1 heterocycles. The zero-order valence-corrected chi connectivity index (χ0v) is 40.9. The molecule has 10 amide bonds. The Bertz CT molecular complexity index is 1980. The van der Waals surface area contributed by atoms with Crippen LogP contribution >= 0.6 is 25.3 Å². The number of aromatic hydroxyl groups is 1. The van der Waals surface area contributed by atoms with Crippen molar-refractivity contribution in [1.82, 2.24) is 47.7 Å². The molecule has 0 unspecified atom stereocenters. The standard InChI is InChI=1S/C43H68N12O12S2/c1-5-23(4)36(52-40(64)30(54-53-25(19-56)20-68)16-24-8-10-26(57)11-9-24)42(66)48-27(12-13-33(44)58)38(62)49-29(17-34(45)59)39(63)51-31(21-69)43(67)55-14-6-7-32(55)41(65)50-28(15-22(2)3)37(61)47-18-35(46)60/h8-11,19,22-23,25,27-32,36,53-54,57,68-69H,5-7,12-18,20-21H2,1-4H3,(H2,44,58)(H2,45,59)(H2,46,60)(H,47,61)(H,48,66)(H,49,62)(H,50,65)(H,51,63)(H,52,64)/t23-,25+,27-,28-,29-,30-,31-,32-,36-/m0/s1. The van der Waals surface area contributed by atoms with Crippen molar-refractivity contribution in [2.24, 2.45) is 29.0 Å². The number of hydrogen-bond acceptors (Lipinski definition) is 16. The second kappa shape index (κ2) is 29.8. The van der Waals surface area contributed by atoms with E-state index in [0.29, 0.717) is 24.7 Å². The predicted molar refractivity (Wildman–Crippen MR) is 257 cm³/mol. The molecule has 24 nitrogen and oxygen atoms in total. The first kappa shape index (κ1) is 59.1. The fourth-order valence-corrected chi connectivity index (χ4v) is 7.52. The summed E-state index contributed by atoms with van der Waals surface area (Å²) in [5.74, 6) is -9.33. The number of benzene rings is 1. The number of phenols is 1. The number of nitrogens with one attached hydrogen (secondary N) is 8. The number of rotatable bonds is 31. The van der Waals surface area contributed by atoms with E-state index in [1.165, 1.54) is 17.0 Å². The van der Waals surface area contributed by atoms with E-state index in [-0.39, 0.29) is 49.0 Å². The van der Waals surface area contributed by atoms with Crippen LogP contribution in [0.25, 0.3) is 0 Å². The SMILES string of the molecule is CC[C@H](C)[C@H](NC(=O)[C@H](Cc1ccc(O)cc1)NN[C@H](C=O)CS)C(=O)N[C@@H](CCC(N)=O)C(=O)N[C@@H](CC(N)=O)C(=O)N[C@@H](CS)C(=O)N1CCC[C@H]1C(=O)N[C@@H](CC(C)C)C(=O)NCC(N)=O. The molecule has 9 atom stereocenters. The highest BCUT2D eigenvalue weighted by atomic mass is 32.1. The Kier molecular flexibility index (Phi) is 25.5. The third-order valence-corrected chi connectivity index (χ3v) is 11.8. The number of likely N-dealkylation sites (tertiary alicyclic amines) is 1. The molecule has 1 aliphatic rings. The van der Waals surface area contributed by atoms with Gasteiger partial charge in [0.05, 0.1) is 19.0 Å². The maximum Gasteiger partial charge on any atom is 0.246 e. The van der Waals surface area contributed by atoms with Gasteiger partial charge in [-0.2, -0.15) is 25.3 Å². The Morgan fingerprint density at radius 3 is 1.90 bits per heavy atom. The first-order chi connectivity index (χ1) is 32.5. The van der Waals surface area contributed by atoms with Gasteiger partial charge in [0.15, 0.2) is 0 Å². The number of hydrazine groups is 1. The van der Waals surface area contributed by atoms with Crippen LogP contribution in [0.15, 0.2) is 24.3 Å². The minimum atomic E-state index is -1.75. The first-order valence-corrected chi connectivity index (χ1v) is 23.7. The lowest BCUT2D eigenvalue weighted by molar-refractivity contribution is -0.142. The van der Waals surface area contributed by atoms with E-state index in [2.05, 4.69) is 68.0 Å². The minimum Gasteiger partial charge on any atom is -0.508 e. The van der Waals surface area contributed by atoms with Gasteiger partial charge in [-0.1, -0.05) is 46.2 Å². The smallest absolute Gasteiger partial charge is 0.246 e. The average molecular weight is 1010 g/mol. The molecule has 0 spiro atoms. The molecule has 0 bridgehead atoms. The largest absolute Gasteiger partial charge is 0.508 e. The second-order valence-corrected chi connectivity index (χ2v) is 17.8. The summed E-state index contributed by atoms with van der Waals surface area (Å²) in [5, 5.41) is 24.8. The first-order valence-electron chi connectivity index (χ1n) is 22.5. The maximum absolute atomic E-state index is 14.1. The number of amides is 10. The lowest BCUT2D eigenvalue weighted by atomic mass is 9.96. The van der Waals surface area contributed by atoms with Crippen molar-refractivity contribution in [2.45, 2.75) is 127 Å². The Balaban J connectivity index is 2.33. The van der Waals surface area contributed by atoms with Gasteiger partial charge in [0.25, 0.3) is 0 Å². The van der Waals surface area contributed by atoms with Gasteiger partial charge in [-0.15, -0.1) is 0 Å². The third-order valence-electron chi connectivity index (χ3n) is 11.1. The summed E-state index contributed by atoms with van der Waals surface area (Å²) in [6.45, 7) is 6.68. The van der Waals surface area contributed by atoms with Gasteiger partial charge in [0.2, 0.25) is 59.1 Å². The number of hydrogen-bond donors (Lipinski definition) is 14. The fraction of sp³-hybridized carbons (Fsp3) is 0.605. The highest BCUT2D eigenvalue weighted by Gasteiger charge is 2.40. The number of carbonyl (C=O) groups excluding carboxylic acids is 11. The molecule has 384 valence electrons. The number of nitrogens with zero attached hydrogens (tertiary/aromatic N) is 1. The Morgan fingerprint density at radius 2 is 1.35 bits per heavy atom. The Morgan fingerprint density at radius 1 is 0.739 bits per heavy atom. The summed E-state index contributed by atoms with van der Waals surface area (Å²) in [5.41, 5.74) is 22.1. The van der Waals surface area contributed by atoms with Gasteiger partial charge < -0.3 is 63.9 Å². The summed E-state index contributed by atoms with van der Waals surface area (Å²) in [6, 6.07) is -4.09. The number of thiol groups is 2. The van der Waals surface area contributed by atoms with Crippen LogP contribution in [0.3, 0.4) is 0 Å². The van der Waals surface area contributed by atoms with Crippen LogP contribution in [-0.2, 0) is 59.2 Å². The zero-order chi connectivity index (χ0) is 52.0. The highest BCUT2D eigenvalue weighted by molar-refractivity contribution is 7.80. The van der Waals surface area contributed by atoms with Gasteiger partial charge >= 0.3 is 0 Å². The number of nitrogens with two attached hydrogens (primary N) is 3. The van der Waals surface area contributed by atoms with Gasteiger partial charge in [-0.05, 0) is 61.6 Å². The van der Waals surface area contributed by atoms with E-state index < -0.39 is 139 Å². The highest BCUT2D eigenvalue weighted by Crippen LogP contribution is 2.20. The van der Waals surface area contributed by atoms with E-state index in [4.69, 9.17) is 17.2 Å². The molecule has 26 heteroatoms. The van der Waals surface area contributed by atoms with Crippen molar-refractivity contribution in [2.75, 3.05) is 24.6 Å². The van der Waals surface area contributed by atoms with Crippen molar-refractivity contribution < 1.29 is 57.8 Å². The van der Waals surface area contributed by atoms with Gasteiger partial charge in [-0.25, -0.2) is 10.9 Å². The molecular formula is C43H68N12O12S2. The fourth-order valence-electron chi connectivity index (χ4n) is 7.09. The molecule has 69 heavy (non-hydrogen) atoms. The van der Waals surface area contributed by atoms with Crippen molar-refractivity contribution in [3.05, 3.63) is 29.8 Å². The van der Waals surface area contributed by atoms with Crippen LogP contribution in [0.2, 0.25) is 0 Å². The lowest BCUT2D eigenvalue weighted by Crippen LogP contribution is -2.62. The number of carbonyl (C=O) groups is 11. The summed E-state index contributed by atoms with van der Waals surface area (Å²) < 4.78 is 0. The van der Waals surface area contributed by atoms with E-state index in [1.807, 2.05) is 13.8 Å². The summed E-state index contributed by atoms with van der Waals surface area (Å²) in [4.78, 5) is 144. The van der Waals surface area contributed by atoms with Gasteiger partial charge in [-0.3, -0.25) is 47.9 Å². The monoisotopic (exact) mass is 1010 g/mol. The van der Waals surface area contributed by atoms with Crippen LogP contribution in [0.5, 0.6) is 5.75 Å². The van der Waals surface area contributed by atoms with E-state index in [1.54, 1.807) is 26.0 Å². The quantitative estimate of drug-likeness (QED) is 0.0192. The molecular weight excluding hydrogens is 941 g/mol. The van der Waals surface area contributed by atoms with Crippen molar-refractivity contribution in [3.63, 3.8) is 0 Å². The van der Waals surface area contributed by atoms with E-state index in [0.717, 1.165) is 0 Å². The summed E-state index contributed by atoms with van der Waals surface area (Å²) in [6.07, 6.45) is 0.106. The Labute approximate surface area is 411 Å². The number of aldehydes is 1. The normalized spacial score (nSPS) is 16.8. The molecule has 1 aliphatic heterocycles. The molecule has 1 fully saturated rings.